The molecule has 4 fully saturated rings. The number of hydrogen-bond donors (Lipinski definition) is 2. The highest BCUT2D eigenvalue weighted by Gasteiger charge is 2.56. The van der Waals surface area contributed by atoms with Gasteiger partial charge in [0.1, 0.15) is 6.61 Å². The van der Waals surface area contributed by atoms with Gasteiger partial charge in [-0.3, -0.25) is 0 Å². The lowest BCUT2D eigenvalue weighted by Gasteiger charge is -2.60. The van der Waals surface area contributed by atoms with Gasteiger partial charge in [-0.1, -0.05) is 35.9 Å². The van der Waals surface area contributed by atoms with Gasteiger partial charge >= 0.3 is 0 Å². The minimum atomic E-state index is -0.429. The van der Waals surface area contributed by atoms with Gasteiger partial charge in [0.2, 0.25) is 0 Å². The minimum absolute atomic E-state index is 0.102. The van der Waals surface area contributed by atoms with Crippen LogP contribution in [0.2, 0.25) is 0 Å². The van der Waals surface area contributed by atoms with Gasteiger partial charge in [-0.05, 0) is 87.5 Å². The van der Waals surface area contributed by atoms with Crippen LogP contribution in [0.3, 0.4) is 0 Å². The monoisotopic (exact) mass is 421 g/mol. The highest BCUT2D eigenvalue weighted by molar-refractivity contribution is 5.43. The van der Waals surface area contributed by atoms with E-state index in [1.807, 2.05) is 13.0 Å². The summed E-state index contributed by atoms with van der Waals surface area (Å²) in [6, 6.07) is 14.7. The fraction of sp³-hybridized carbons (Fsp3) is 0.556. The van der Waals surface area contributed by atoms with E-state index in [0.29, 0.717) is 25.0 Å². The van der Waals surface area contributed by atoms with Gasteiger partial charge in [0.15, 0.2) is 11.5 Å². The van der Waals surface area contributed by atoms with Crippen molar-refractivity contribution in [3.8, 4) is 11.5 Å². The third-order valence-corrected chi connectivity index (χ3v) is 7.52. The van der Waals surface area contributed by atoms with Gasteiger partial charge in [-0.25, -0.2) is 0 Å². The number of aliphatic hydroxyl groups is 1. The van der Waals surface area contributed by atoms with Gasteiger partial charge in [-0.2, -0.15) is 0 Å². The summed E-state index contributed by atoms with van der Waals surface area (Å²) >= 11 is 0. The highest BCUT2D eigenvalue weighted by atomic mass is 16.5. The van der Waals surface area contributed by atoms with E-state index in [1.54, 1.807) is 0 Å². The predicted molar refractivity (Wildman–Crippen MR) is 122 cm³/mol. The second-order valence-corrected chi connectivity index (χ2v) is 10.3. The van der Waals surface area contributed by atoms with E-state index in [4.69, 9.17) is 9.47 Å². The van der Waals surface area contributed by atoms with E-state index < -0.39 is 5.60 Å². The third-order valence-electron chi connectivity index (χ3n) is 7.52. The average molecular weight is 422 g/mol. The van der Waals surface area contributed by atoms with Gasteiger partial charge < -0.3 is 19.9 Å². The fourth-order valence-corrected chi connectivity index (χ4v) is 6.61. The molecule has 4 aliphatic rings. The first-order chi connectivity index (χ1) is 14.9. The van der Waals surface area contributed by atoms with E-state index in [-0.39, 0.29) is 5.54 Å². The maximum atomic E-state index is 11.0. The Morgan fingerprint density at radius 2 is 1.65 bits per heavy atom. The maximum Gasteiger partial charge on any atom is 0.161 e. The Balaban J connectivity index is 1.26. The first-order valence-electron chi connectivity index (χ1n) is 11.9. The lowest BCUT2D eigenvalue weighted by atomic mass is 9.51. The number of hydrogen-bond acceptors (Lipinski definition) is 4. The van der Waals surface area contributed by atoms with Crippen LogP contribution in [0, 0.1) is 18.8 Å². The largest absolute Gasteiger partial charge is 0.490 e. The Labute approximate surface area is 186 Å². The lowest BCUT2D eigenvalue weighted by Crippen LogP contribution is -2.64. The number of rotatable bonds is 8. The normalized spacial score (nSPS) is 31.1. The Hall–Kier alpha value is -2.04. The zero-order valence-corrected chi connectivity index (χ0v) is 18.8. The summed E-state index contributed by atoms with van der Waals surface area (Å²) in [5, 5.41) is 14.9. The molecule has 0 aromatic heterocycles. The van der Waals surface area contributed by atoms with Gasteiger partial charge in [0.05, 0.1) is 12.2 Å². The molecule has 4 aliphatic carbocycles. The van der Waals surface area contributed by atoms with E-state index in [1.165, 1.54) is 30.4 Å². The van der Waals surface area contributed by atoms with Crippen molar-refractivity contribution in [3.05, 3.63) is 59.2 Å². The van der Waals surface area contributed by atoms with Gasteiger partial charge in [-0.15, -0.1) is 0 Å². The van der Waals surface area contributed by atoms with Crippen molar-refractivity contribution in [2.24, 2.45) is 11.8 Å². The number of aryl methyl sites for hydroxylation is 1. The second-order valence-electron chi connectivity index (χ2n) is 10.3. The fourth-order valence-electron chi connectivity index (χ4n) is 6.61. The summed E-state index contributed by atoms with van der Waals surface area (Å²) < 4.78 is 12.0. The van der Waals surface area contributed by atoms with E-state index in [0.717, 1.165) is 42.9 Å². The summed E-state index contributed by atoms with van der Waals surface area (Å²) in [4.78, 5) is 0. The van der Waals surface area contributed by atoms with Gasteiger partial charge in [0, 0.05) is 12.1 Å². The standard InChI is InChI=1S/C27H35NO3/c1-3-30-25-11-21(8-9-24(25)31-17-20-6-4-19(2)5-7-20)16-28-26-12-22-10-23(13-26)15-27(29,14-22)18-26/h4-9,11,22-23,28-29H,3,10,12-18H2,1-2H3. The number of ether oxygens (including phenoxy) is 2. The third kappa shape index (κ3) is 4.47. The molecule has 6 rings (SSSR count). The molecule has 2 aromatic carbocycles. The molecule has 0 saturated heterocycles. The molecule has 0 amide bonds. The molecule has 166 valence electrons. The van der Waals surface area contributed by atoms with Crippen molar-refractivity contribution in [3.63, 3.8) is 0 Å². The van der Waals surface area contributed by atoms with Crippen molar-refractivity contribution < 1.29 is 14.6 Å². The minimum Gasteiger partial charge on any atom is -0.490 e. The smallest absolute Gasteiger partial charge is 0.161 e. The predicted octanol–water partition coefficient (Wildman–Crippen LogP) is 5.15. The molecule has 2 N–H and O–H groups in total. The summed E-state index contributed by atoms with van der Waals surface area (Å²) in [6.07, 6.45) is 6.66. The van der Waals surface area contributed by atoms with Gasteiger partial charge in [0.25, 0.3) is 0 Å². The maximum absolute atomic E-state index is 11.0. The molecule has 2 atom stereocenters. The van der Waals surface area contributed by atoms with Crippen LogP contribution < -0.4 is 14.8 Å². The molecule has 0 aliphatic heterocycles. The zero-order valence-electron chi connectivity index (χ0n) is 18.8. The van der Waals surface area contributed by atoms with Crippen LogP contribution in [0.1, 0.15) is 62.1 Å². The molecule has 31 heavy (non-hydrogen) atoms. The van der Waals surface area contributed by atoms with Crippen molar-refractivity contribution in [2.75, 3.05) is 6.61 Å². The summed E-state index contributed by atoms with van der Waals surface area (Å²) in [7, 11) is 0. The second kappa shape index (κ2) is 8.14. The molecular weight excluding hydrogens is 386 g/mol. The first-order valence-corrected chi connectivity index (χ1v) is 11.9. The Morgan fingerprint density at radius 1 is 0.935 bits per heavy atom. The topological polar surface area (TPSA) is 50.7 Å². The van der Waals surface area contributed by atoms with Crippen LogP contribution >= 0.6 is 0 Å². The van der Waals surface area contributed by atoms with E-state index in [9.17, 15) is 5.11 Å². The van der Waals surface area contributed by atoms with Crippen LogP contribution in [0.5, 0.6) is 11.5 Å². The van der Waals surface area contributed by atoms with Crippen LogP contribution in [-0.2, 0) is 13.2 Å². The van der Waals surface area contributed by atoms with Crippen molar-refractivity contribution in [1.29, 1.82) is 0 Å². The summed E-state index contributed by atoms with van der Waals surface area (Å²) in [5.74, 6) is 2.97. The summed E-state index contributed by atoms with van der Waals surface area (Å²) in [6.45, 7) is 6.04. The molecule has 4 saturated carbocycles. The zero-order chi connectivity index (χ0) is 21.5. The molecule has 0 heterocycles. The van der Waals surface area contributed by atoms with E-state index >= 15 is 0 Å². The molecule has 0 spiro atoms. The Morgan fingerprint density at radius 3 is 2.32 bits per heavy atom. The SMILES string of the molecule is CCOc1cc(CNC23CC4CC(CC(O)(C4)C2)C3)ccc1OCc1ccc(C)cc1. The molecule has 2 aromatic rings. The van der Waals surface area contributed by atoms with Crippen LogP contribution in [0.15, 0.2) is 42.5 Å². The number of nitrogens with one attached hydrogen (secondary N) is 1. The number of benzene rings is 2. The Kier molecular flexibility index (Phi) is 5.47. The average Bonchev–Trinajstić information content (AvgIpc) is 2.71. The van der Waals surface area contributed by atoms with Crippen LogP contribution in [0.4, 0.5) is 0 Å². The lowest BCUT2D eigenvalue weighted by molar-refractivity contribution is -0.142. The quantitative estimate of drug-likeness (QED) is 0.619. The first kappa shape index (κ1) is 20.8. The van der Waals surface area contributed by atoms with Crippen molar-refractivity contribution in [2.45, 2.75) is 76.7 Å². The molecule has 4 bridgehead atoms. The molecular formula is C27H35NO3. The molecule has 0 radical (unpaired) electrons. The van der Waals surface area contributed by atoms with Crippen molar-refractivity contribution >= 4 is 0 Å². The van der Waals surface area contributed by atoms with Crippen molar-refractivity contribution in [1.82, 2.24) is 5.32 Å². The molecule has 4 heteroatoms. The molecule has 2 unspecified atom stereocenters. The Bertz CT molecular complexity index is 909. The highest BCUT2D eigenvalue weighted by Crippen LogP contribution is 2.57. The van der Waals surface area contributed by atoms with E-state index in [2.05, 4.69) is 48.6 Å². The summed E-state index contributed by atoms with van der Waals surface area (Å²) in [5.41, 5.74) is 3.28. The van der Waals surface area contributed by atoms with Crippen LogP contribution in [-0.4, -0.2) is 22.9 Å². The molecule has 4 nitrogen and oxygen atoms in total. The van der Waals surface area contributed by atoms with Crippen LogP contribution in [0.25, 0.3) is 0 Å².